The van der Waals surface area contributed by atoms with Crippen molar-refractivity contribution in [2.75, 3.05) is 31.0 Å². The number of hydrogen-bond donors (Lipinski definition) is 1. The van der Waals surface area contributed by atoms with E-state index < -0.39 is 0 Å². The maximum absolute atomic E-state index is 11.1. The Kier molecular flexibility index (Phi) is 13.5. The molecule has 1 aromatic carbocycles. The first-order valence-electron chi connectivity index (χ1n) is 14.0. The monoisotopic (exact) mass is 668 g/mol. The third-order valence-corrected chi connectivity index (χ3v) is 8.88. The number of hydrogen-bond acceptors (Lipinski definition) is 8. The molecule has 2 aromatic heterocycles. The number of nitrogens with one attached hydrogen (secondary N) is 1. The maximum atomic E-state index is 11.1. The highest BCUT2D eigenvalue weighted by Gasteiger charge is 2.23. The molecule has 1 atom stereocenters. The van der Waals surface area contributed by atoms with Crippen LogP contribution in [0.3, 0.4) is 0 Å². The molecule has 0 bridgehead atoms. The molecule has 0 radical (unpaired) electrons. The minimum atomic E-state index is -0.140. The molecule has 2 heterocycles. The van der Waals surface area contributed by atoms with Crippen molar-refractivity contribution in [3.63, 3.8) is 0 Å². The summed E-state index contributed by atoms with van der Waals surface area (Å²) in [6.45, 7) is 4.66. The number of methoxy groups -OCH3 is 1. The molecule has 214 valence electrons. The van der Waals surface area contributed by atoms with Crippen LogP contribution in [0.25, 0.3) is 11.2 Å². The zero-order valence-corrected chi connectivity index (χ0v) is 26.7. The Labute approximate surface area is 247 Å². The maximum Gasteiger partial charge on any atom is 0.305 e. The van der Waals surface area contributed by atoms with Crippen LogP contribution in [0, 0.1) is 0 Å². The van der Waals surface area contributed by atoms with Crippen LogP contribution in [0.4, 0.5) is 17.5 Å². The van der Waals surface area contributed by atoms with Gasteiger partial charge >= 0.3 is 5.97 Å². The summed E-state index contributed by atoms with van der Waals surface area (Å²) in [4.78, 5) is 27.8. The van der Waals surface area contributed by atoms with Crippen molar-refractivity contribution in [3.05, 3.63) is 30.6 Å². The Balaban J connectivity index is 0.00000205. The van der Waals surface area contributed by atoms with Crippen LogP contribution in [0.1, 0.15) is 78.1 Å². The van der Waals surface area contributed by atoms with E-state index in [4.69, 9.17) is 14.7 Å². The van der Waals surface area contributed by atoms with Crippen molar-refractivity contribution in [1.29, 1.82) is 0 Å². The SMILES string of the molecule is CC.COC(=O)CCCCCCOc1ccc(Nc2nc(N(C)C3CCCCC3)c3ncn(PI)c3n2)cc1. The Morgan fingerprint density at radius 2 is 1.82 bits per heavy atom. The molecule has 39 heavy (non-hydrogen) atoms. The quantitative estimate of drug-likeness (QED) is 0.0859. The number of rotatable bonds is 13. The Morgan fingerprint density at radius 3 is 2.51 bits per heavy atom. The van der Waals surface area contributed by atoms with Gasteiger partial charge in [-0.2, -0.15) is 9.97 Å². The van der Waals surface area contributed by atoms with Crippen molar-refractivity contribution in [1.82, 2.24) is 19.3 Å². The zero-order valence-electron chi connectivity index (χ0n) is 23.6. The number of carbonyl (C=O) groups is 1. The smallest absolute Gasteiger partial charge is 0.305 e. The number of fused-ring (bicyclic) bond motifs is 1. The van der Waals surface area contributed by atoms with E-state index in [1.165, 1.54) is 39.2 Å². The summed E-state index contributed by atoms with van der Waals surface area (Å²) >= 11 is 2.36. The van der Waals surface area contributed by atoms with E-state index in [2.05, 4.69) is 53.4 Å². The summed E-state index contributed by atoms with van der Waals surface area (Å²) in [6, 6.07) is 8.38. The van der Waals surface area contributed by atoms with E-state index in [1.54, 1.807) is 0 Å². The number of aromatic nitrogens is 4. The van der Waals surface area contributed by atoms with Crippen molar-refractivity contribution in [3.8, 4) is 5.75 Å². The molecule has 0 amide bonds. The van der Waals surface area contributed by atoms with Crippen LogP contribution >= 0.6 is 28.4 Å². The standard InChI is InChI=1S/C26H36IN6O3P.C2H6/c1-32(20-10-6-5-7-11-20)24-23-25(33(37-27)18-28-23)31-26(30-24)29-19-13-15-21(16-14-19)36-17-9-4-3-8-12-22(34)35-2;1-2/h13-16,18,20,37H,3-12,17H2,1-2H3,(H,29,30,31);1-2H3. The number of benzene rings is 1. The van der Waals surface area contributed by atoms with E-state index in [9.17, 15) is 4.79 Å². The van der Waals surface area contributed by atoms with Gasteiger partial charge in [-0.25, -0.2) is 4.98 Å². The lowest BCUT2D eigenvalue weighted by Gasteiger charge is -2.32. The van der Waals surface area contributed by atoms with Gasteiger partial charge in [-0.1, -0.05) is 46.0 Å². The fourth-order valence-electron chi connectivity index (χ4n) is 4.67. The van der Waals surface area contributed by atoms with E-state index in [0.717, 1.165) is 54.1 Å². The molecular formula is C28H42IN6O3P. The second kappa shape index (κ2) is 16.8. The molecule has 1 N–H and O–H groups in total. The molecule has 1 unspecified atom stereocenters. The number of halogens is 1. The normalized spacial score (nSPS) is 13.8. The number of esters is 1. The highest BCUT2D eigenvalue weighted by Crippen LogP contribution is 2.34. The Hall–Kier alpha value is -2.20. The lowest BCUT2D eigenvalue weighted by Crippen LogP contribution is -2.34. The molecule has 0 aliphatic heterocycles. The average molecular weight is 669 g/mol. The lowest BCUT2D eigenvalue weighted by molar-refractivity contribution is -0.140. The highest BCUT2D eigenvalue weighted by atomic mass is 127. The second-order valence-electron chi connectivity index (χ2n) is 9.38. The number of nitrogens with zero attached hydrogens (tertiary/aromatic N) is 5. The third-order valence-electron chi connectivity index (χ3n) is 6.81. The van der Waals surface area contributed by atoms with Crippen LogP contribution in [-0.2, 0) is 9.53 Å². The second-order valence-corrected chi connectivity index (χ2v) is 11.5. The molecule has 9 nitrogen and oxygen atoms in total. The summed E-state index contributed by atoms with van der Waals surface area (Å²) in [6.07, 6.45) is 12.9. The largest absolute Gasteiger partial charge is 0.494 e. The van der Waals surface area contributed by atoms with Crippen LogP contribution in [0.5, 0.6) is 5.75 Å². The van der Waals surface area contributed by atoms with E-state index in [1.807, 2.05) is 44.4 Å². The topological polar surface area (TPSA) is 94.4 Å². The zero-order chi connectivity index (χ0) is 28.0. The molecule has 0 saturated heterocycles. The fourth-order valence-corrected chi connectivity index (χ4v) is 6.07. The first-order chi connectivity index (χ1) is 19.1. The first kappa shape index (κ1) is 31.3. The molecular weight excluding hydrogens is 626 g/mol. The van der Waals surface area contributed by atoms with Crippen molar-refractivity contribution in [2.24, 2.45) is 0 Å². The van der Waals surface area contributed by atoms with Gasteiger partial charge in [-0.3, -0.25) is 9.13 Å². The minimum absolute atomic E-state index is 0.140. The Morgan fingerprint density at radius 1 is 1.10 bits per heavy atom. The van der Waals surface area contributed by atoms with Crippen LogP contribution < -0.4 is 15.0 Å². The number of anilines is 3. The van der Waals surface area contributed by atoms with Crippen LogP contribution in [0.15, 0.2) is 30.6 Å². The van der Waals surface area contributed by atoms with E-state index >= 15 is 0 Å². The summed E-state index contributed by atoms with van der Waals surface area (Å²) in [5, 5.41) is 3.38. The van der Waals surface area contributed by atoms with Gasteiger partial charge < -0.3 is 19.7 Å². The number of unbranched alkanes of at least 4 members (excludes halogenated alkanes) is 3. The van der Waals surface area contributed by atoms with E-state index in [-0.39, 0.29) is 5.97 Å². The summed E-state index contributed by atoms with van der Waals surface area (Å²) in [5.74, 6) is 2.15. The van der Waals surface area contributed by atoms with E-state index in [0.29, 0.717) is 31.4 Å². The predicted octanol–water partition coefficient (Wildman–Crippen LogP) is 7.66. The van der Waals surface area contributed by atoms with Gasteiger partial charge in [0, 0.05) is 25.2 Å². The highest BCUT2D eigenvalue weighted by molar-refractivity contribution is 14.2. The summed E-state index contributed by atoms with van der Waals surface area (Å²) in [5.41, 5.74) is 2.62. The molecule has 1 aliphatic rings. The predicted molar refractivity (Wildman–Crippen MR) is 170 cm³/mol. The van der Waals surface area contributed by atoms with Gasteiger partial charge in [0.15, 0.2) is 17.0 Å². The van der Waals surface area contributed by atoms with Crippen LogP contribution in [-0.4, -0.2) is 52.1 Å². The molecule has 11 heteroatoms. The van der Waals surface area contributed by atoms with Gasteiger partial charge in [0.25, 0.3) is 0 Å². The van der Waals surface area contributed by atoms with Gasteiger partial charge in [0.05, 0.1) is 20.1 Å². The molecule has 1 fully saturated rings. The summed E-state index contributed by atoms with van der Waals surface area (Å²) in [7, 11) is 3.57. The first-order valence-corrected chi connectivity index (χ1v) is 18.1. The third kappa shape index (κ3) is 9.17. The minimum Gasteiger partial charge on any atom is -0.494 e. The van der Waals surface area contributed by atoms with Crippen molar-refractivity contribution in [2.45, 2.75) is 84.1 Å². The molecule has 4 rings (SSSR count). The molecule has 0 spiro atoms. The van der Waals surface area contributed by atoms with Gasteiger partial charge in [0.1, 0.15) is 12.1 Å². The van der Waals surface area contributed by atoms with Crippen LogP contribution in [0.2, 0.25) is 0 Å². The molecule has 1 aliphatic carbocycles. The van der Waals surface area contributed by atoms with Crippen molar-refractivity contribution < 1.29 is 14.3 Å². The Bertz CT molecular complexity index is 1150. The lowest BCUT2D eigenvalue weighted by atomic mass is 9.94. The van der Waals surface area contributed by atoms with Gasteiger partial charge in [-0.05, 0) is 72.0 Å². The molecule has 3 aromatic rings. The van der Waals surface area contributed by atoms with Gasteiger partial charge in [0.2, 0.25) is 5.95 Å². The number of ether oxygens (including phenoxy) is 2. The van der Waals surface area contributed by atoms with Gasteiger partial charge in [-0.15, -0.1) is 0 Å². The molecule has 1 saturated carbocycles. The fraction of sp³-hybridized carbons (Fsp3) is 0.571. The summed E-state index contributed by atoms with van der Waals surface area (Å²) < 4.78 is 12.6. The average Bonchev–Trinajstić information content (AvgIpc) is 3.41. The number of carbonyl (C=O) groups excluding carboxylic acids is 1. The van der Waals surface area contributed by atoms with Crippen molar-refractivity contribution >= 4 is 63.0 Å². The number of imidazole rings is 1.